The van der Waals surface area contributed by atoms with Gasteiger partial charge in [-0.05, 0) is 11.6 Å². The molecule has 4 heteroatoms. The average molecular weight is 318 g/mol. The number of benzene rings is 2. The van der Waals surface area contributed by atoms with E-state index in [9.17, 15) is 0 Å². The number of nitrogens with one attached hydrogen (secondary N) is 1. The average Bonchev–Trinajstić information content (AvgIpc) is 2.54. The van der Waals surface area contributed by atoms with Gasteiger partial charge >= 0.3 is 0 Å². The summed E-state index contributed by atoms with van der Waals surface area (Å²) in [7, 11) is 1.64. The fraction of sp³-hybridized carbons (Fsp3) is 0.222. The summed E-state index contributed by atoms with van der Waals surface area (Å²) in [5, 5.41) is 3.17. The second kappa shape index (κ2) is 9.73. The van der Waals surface area contributed by atoms with Gasteiger partial charge in [0.2, 0.25) is 0 Å². The lowest BCUT2D eigenvalue weighted by Crippen LogP contribution is -2.14. The normalized spacial score (nSPS) is 9.45. The smallest absolute Gasteiger partial charge is 0.166 e. The maximum Gasteiger partial charge on any atom is 0.166 e. The van der Waals surface area contributed by atoms with Crippen LogP contribution in [0.3, 0.4) is 0 Å². The molecule has 0 radical (unpaired) electrons. The van der Waals surface area contributed by atoms with Gasteiger partial charge in [-0.2, -0.15) is 0 Å². The van der Waals surface area contributed by atoms with Crippen molar-refractivity contribution in [1.82, 2.24) is 5.32 Å². The Hall–Kier alpha value is -2.15. The second-order valence-electron chi connectivity index (χ2n) is 4.53. The van der Waals surface area contributed by atoms with Gasteiger partial charge in [0.05, 0.1) is 13.7 Å². The second-order valence-corrected chi connectivity index (χ2v) is 4.53. The van der Waals surface area contributed by atoms with Crippen molar-refractivity contribution in [3.05, 3.63) is 59.7 Å². The van der Waals surface area contributed by atoms with E-state index in [1.165, 1.54) is 0 Å². The number of hydrogen-bond acceptors (Lipinski definition) is 3. The number of rotatable bonds is 7. The quantitative estimate of drug-likeness (QED) is 0.627. The van der Waals surface area contributed by atoms with Crippen LogP contribution in [0.15, 0.2) is 48.5 Å². The lowest BCUT2D eigenvalue weighted by molar-refractivity contribution is 0.281. The Labute approximate surface area is 138 Å². The molecule has 0 amide bonds. The maximum absolute atomic E-state index is 5.96. The van der Waals surface area contributed by atoms with Crippen LogP contribution in [0.25, 0.3) is 0 Å². The molecule has 0 heterocycles. The standard InChI is InChI=1S/C18H19NO2.ClH/c1-3-12-19-13-16-10-7-11-17(20-2)18(16)21-14-15-8-5-4-6-9-15;/h1,4-11,19H,12-14H2,2H3;1H. The van der Waals surface area contributed by atoms with Crippen LogP contribution in [0, 0.1) is 12.3 Å². The van der Waals surface area contributed by atoms with Crippen molar-refractivity contribution < 1.29 is 9.47 Å². The summed E-state index contributed by atoms with van der Waals surface area (Å²) >= 11 is 0. The Bertz CT molecular complexity index is 608. The van der Waals surface area contributed by atoms with Crippen molar-refractivity contribution in [3.63, 3.8) is 0 Å². The van der Waals surface area contributed by atoms with E-state index in [1.54, 1.807) is 7.11 Å². The molecule has 0 atom stereocenters. The zero-order chi connectivity index (χ0) is 14.9. The van der Waals surface area contributed by atoms with Gasteiger partial charge in [0.15, 0.2) is 11.5 Å². The molecule has 0 unspecified atom stereocenters. The van der Waals surface area contributed by atoms with Gasteiger partial charge in [-0.3, -0.25) is 0 Å². The monoisotopic (exact) mass is 317 g/mol. The topological polar surface area (TPSA) is 30.5 Å². The van der Waals surface area contributed by atoms with Crippen LogP contribution in [0.4, 0.5) is 0 Å². The molecule has 2 aromatic rings. The highest BCUT2D eigenvalue weighted by molar-refractivity contribution is 5.85. The van der Waals surface area contributed by atoms with E-state index in [0.29, 0.717) is 19.7 Å². The SMILES string of the molecule is C#CCNCc1cccc(OC)c1OCc1ccccc1.Cl. The van der Waals surface area contributed by atoms with E-state index in [4.69, 9.17) is 15.9 Å². The Morgan fingerprint density at radius 2 is 1.86 bits per heavy atom. The molecule has 0 saturated heterocycles. The Morgan fingerprint density at radius 1 is 1.09 bits per heavy atom. The first-order chi connectivity index (χ1) is 10.3. The molecule has 3 nitrogen and oxygen atoms in total. The third-order valence-corrected chi connectivity index (χ3v) is 3.05. The number of methoxy groups -OCH3 is 1. The summed E-state index contributed by atoms with van der Waals surface area (Å²) in [4.78, 5) is 0. The molecule has 0 aliphatic carbocycles. The maximum atomic E-state index is 5.96. The van der Waals surface area contributed by atoms with Crippen molar-refractivity contribution in [2.24, 2.45) is 0 Å². The zero-order valence-corrected chi connectivity index (χ0v) is 13.4. The van der Waals surface area contributed by atoms with Crippen LogP contribution in [-0.2, 0) is 13.2 Å². The van der Waals surface area contributed by atoms with E-state index >= 15 is 0 Å². The first-order valence-electron chi connectivity index (χ1n) is 6.82. The third-order valence-electron chi connectivity index (χ3n) is 3.05. The van der Waals surface area contributed by atoms with E-state index in [0.717, 1.165) is 22.6 Å². The largest absolute Gasteiger partial charge is 0.493 e. The van der Waals surface area contributed by atoms with Crippen LogP contribution >= 0.6 is 12.4 Å². The molecule has 22 heavy (non-hydrogen) atoms. The molecule has 0 saturated carbocycles. The highest BCUT2D eigenvalue weighted by atomic mass is 35.5. The van der Waals surface area contributed by atoms with Crippen LogP contribution < -0.4 is 14.8 Å². The van der Waals surface area contributed by atoms with Crippen molar-refractivity contribution in [1.29, 1.82) is 0 Å². The molecule has 2 rings (SSSR count). The van der Waals surface area contributed by atoms with Gasteiger partial charge in [-0.15, -0.1) is 18.8 Å². The molecule has 116 valence electrons. The molecule has 0 aliphatic heterocycles. The van der Waals surface area contributed by atoms with E-state index in [-0.39, 0.29) is 12.4 Å². The molecule has 0 aromatic heterocycles. The lowest BCUT2D eigenvalue weighted by atomic mass is 10.1. The number of hydrogen-bond donors (Lipinski definition) is 1. The minimum absolute atomic E-state index is 0. The molecule has 0 fully saturated rings. The fourth-order valence-electron chi connectivity index (χ4n) is 2.02. The first kappa shape index (κ1) is 17.9. The van der Waals surface area contributed by atoms with Gasteiger partial charge in [0.1, 0.15) is 6.61 Å². The van der Waals surface area contributed by atoms with Crippen LogP contribution in [0.5, 0.6) is 11.5 Å². The van der Waals surface area contributed by atoms with Crippen molar-refractivity contribution in [2.75, 3.05) is 13.7 Å². The van der Waals surface area contributed by atoms with Crippen LogP contribution in [0.1, 0.15) is 11.1 Å². The van der Waals surface area contributed by atoms with Crippen molar-refractivity contribution >= 4 is 12.4 Å². The van der Waals surface area contributed by atoms with Gasteiger partial charge in [0.25, 0.3) is 0 Å². The molecular formula is C18H20ClNO2. The Kier molecular flexibility index (Phi) is 7.91. The van der Waals surface area contributed by atoms with Crippen molar-refractivity contribution in [2.45, 2.75) is 13.2 Å². The first-order valence-corrected chi connectivity index (χ1v) is 6.82. The fourth-order valence-corrected chi connectivity index (χ4v) is 2.02. The summed E-state index contributed by atoms with van der Waals surface area (Å²) in [5.41, 5.74) is 2.14. The lowest BCUT2D eigenvalue weighted by Gasteiger charge is -2.15. The van der Waals surface area contributed by atoms with E-state index in [2.05, 4.69) is 11.2 Å². The number of halogens is 1. The predicted molar refractivity (Wildman–Crippen MR) is 91.6 cm³/mol. The van der Waals surface area contributed by atoms with Gasteiger partial charge in [-0.25, -0.2) is 0 Å². The Balaban J connectivity index is 0.00000242. The summed E-state index contributed by atoms with van der Waals surface area (Å²) in [5.74, 6) is 4.05. The third kappa shape index (κ3) is 5.00. The molecule has 0 bridgehead atoms. The summed E-state index contributed by atoms with van der Waals surface area (Å²) in [6.07, 6.45) is 5.25. The molecular weight excluding hydrogens is 298 g/mol. The highest BCUT2D eigenvalue weighted by Crippen LogP contribution is 2.31. The zero-order valence-electron chi connectivity index (χ0n) is 12.5. The summed E-state index contributed by atoms with van der Waals surface area (Å²) in [6.45, 7) is 1.67. The predicted octanol–water partition coefficient (Wildman–Crippen LogP) is 3.42. The van der Waals surface area contributed by atoms with E-state index < -0.39 is 0 Å². The van der Waals surface area contributed by atoms with E-state index in [1.807, 2.05) is 48.5 Å². The van der Waals surface area contributed by atoms with Crippen LogP contribution in [-0.4, -0.2) is 13.7 Å². The number of para-hydroxylation sites is 1. The minimum Gasteiger partial charge on any atom is -0.493 e. The Morgan fingerprint density at radius 3 is 2.55 bits per heavy atom. The van der Waals surface area contributed by atoms with Gasteiger partial charge in [-0.1, -0.05) is 48.4 Å². The summed E-state index contributed by atoms with van der Waals surface area (Å²) < 4.78 is 11.3. The van der Waals surface area contributed by atoms with Crippen LogP contribution in [0.2, 0.25) is 0 Å². The van der Waals surface area contributed by atoms with Gasteiger partial charge < -0.3 is 14.8 Å². The minimum atomic E-state index is 0. The molecule has 0 spiro atoms. The molecule has 1 N–H and O–H groups in total. The van der Waals surface area contributed by atoms with Gasteiger partial charge in [0, 0.05) is 12.1 Å². The number of ether oxygens (including phenoxy) is 2. The van der Waals surface area contributed by atoms with Crippen molar-refractivity contribution in [3.8, 4) is 23.8 Å². The number of terminal acetylenes is 1. The molecule has 0 aliphatic rings. The highest BCUT2D eigenvalue weighted by Gasteiger charge is 2.10. The summed E-state index contributed by atoms with van der Waals surface area (Å²) in [6, 6.07) is 15.9. The molecule has 2 aromatic carbocycles.